The molecule has 0 amide bonds. The number of carbonyl (C=O) groups excluding carboxylic acids is 1. The molecule has 8 heteroatoms. The Morgan fingerprint density at radius 3 is 2.79 bits per heavy atom. The van der Waals surface area contributed by atoms with Gasteiger partial charge < -0.3 is 14.4 Å². The lowest BCUT2D eigenvalue weighted by Crippen LogP contribution is -2.37. The van der Waals surface area contributed by atoms with Gasteiger partial charge in [0.1, 0.15) is 16.7 Å². The third-order valence-electron chi connectivity index (χ3n) is 5.15. The van der Waals surface area contributed by atoms with Crippen molar-refractivity contribution in [2.24, 2.45) is 0 Å². The zero-order chi connectivity index (χ0) is 19.5. The summed E-state index contributed by atoms with van der Waals surface area (Å²) in [6.45, 7) is 5.32. The Balaban J connectivity index is 1.77. The molecule has 3 heterocycles. The molecule has 6 nitrogen and oxygen atoms in total. The Bertz CT molecular complexity index is 929. The minimum Gasteiger partial charge on any atom is -0.465 e. The minimum absolute atomic E-state index is 0.216. The number of hydrogen-bond donors (Lipinski definition) is 0. The van der Waals surface area contributed by atoms with Crippen LogP contribution in [-0.2, 0) is 27.1 Å². The highest BCUT2D eigenvalue weighted by Crippen LogP contribution is 2.43. The molecular formula is C20H23N3O3S2. The first-order chi connectivity index (χ1) is 13.7. The SMILES string of the molecule is CCOC(=O)CSc1sc2nc(N3CCOCC3)c3c(c2c1C#N)CCCC3. The quantitative estimate of drug-likeness (QED) is 0.544. The molecule has 0 N–H and O–H groups in total. The molecule has 0 saturated carbocycles. The lowest BCUT2D eigenvalue weighted by molar-refractivity contribution is -0.139. The van der Waals surface area contributed by atoms with Crippen molar-refractivity contribution in [1.82, 2.24) is 4.98 Å². The van der Waals surface area contributed by atoms with Gasteiger partial charge in [0.25, 0.3) is 0 Å². The number of ether oxygens (including phenoxy) is 2. The number of thiophene rings is 1. The van der Waals surface area contributed by atoms with Gasteiger partial charge in [0.15, 0.2) is 0 Å². The van der Waals surface area contributed by atoms with Gasteiger partial charge in [-0.2, -0.15) is 5.26 Å². The largest absolute Gasteiger partial charge is 0.465 e. The molecular weight excluding hydrogens is 394 g/mol. The van der Waals surface area contributed by atoms with Crippen molar-refractivity contribution in [3.8, 4) is 6.07 Å². The minimum atomic E-state index is -0.252. The van der Waals surface area contributed by atoms with E-state index < -0.39 is 0 Å². The summed E-state index contributed by atoms with van der Waals surface area (Å²) in [5.41, 5.74) is 3.26. The smallest absolute Gasteiger partial charge is 0.316 e. The predicted molar refractivity (Wildman–Crippen MR) is 111 cm³/mol. The zero-order valence-corrected chi connectivity index (χ0v) is 17.6. The molecule has 1 aliphatic heterocycles. The van der Waals surface area contributed by atoms with Crippen LogP contribution in [0.1, 0.15) is 36.5 Å². The van der Waals surface area contributed by atoms with Crippen molar-refractivity contribution >= 4 is 45.1 Å². The van der Waals surface area contributed by atoms with Gasteiger partial charge in [-0.25, -0.2) is 4.98 Å². The number of carbonyl (C=O) groups is 1. The van der Waals surface area contributed by atoms with Gasteiger partial charge in [0, 0.05) is 18.5 Å². The van der Waals surface area contributed by atoms with E-state index in [2.05, 4.69) is 11.0 Å². The number of fused-ring (bicyclic) bond motifs is 3. The van der Waals surface area contributed by atoms with Crippen molar-refractivity contribution in [2.45, 2.75) is 36.8 Å². The number of aromatic nitrogens is 1. The number of hydrogen-bond acceptors (Lipinski definition) is 8. The van der Waals surface area contributed by atoms with Gasteiger partial charge in [-0.15, -0.1) is 23.1 Å². The van der Waals surface area contributed by atoms with Crippen LogP contribution in [-0.4, -0.2) is 49.6 Å². The number of nitriles is 1. The second-order valence-corrected chi connectivity index (χ2v) is 9.09. The van der Waals surface area contributed by atoms with Crippen LogP contribution in [0, 0.1) is 11.3 Å². The maximum absolute atomic E-state index is 11.8. The van der Waals surface area contributed by atoms with Gasteiger partial charge in [-0.3, -0.25) is 4.79 Å². The summed E-state index contributed by atoms with van der Waals surface area (Å²) in [5.74, 6) is 1.03. The number of aryl methyl sites for hydroxylation is 1. The Morgan fingerprint density at radius 1 is 1.32 bits per heavy atom. The van der Waals surface area contributed by atoms with Crippen molar-refractivity contribution in [3.63, 3.8) is 0 Å². The van der Waals surface area contributed by atoms with E-state index in [1.165, 1.54) is 34.2 Å². The molecule has 2 aliphatic rings. The number of thioether (sulfide) groups is 1. The second-order valence-electron chi connectivity index (χ2n) is 6.85. The summed E-state index contributed by atoms with van der Waals surface area (Å²) < 4.78 is 11.4. The normalized spacial score (nSPS) is 16.6. The second kappa shape index (κ2) is 8.68. The summed E-state index contributed by atoms with van der Waals surface area (Å²) in [6, 6.07) is 2.39. The molecule has 0 radical (unpaired) electrons. The molecule has 1 fully saturated rings. The van der Waals surface area contributed by atoms with Crippen LogP contribution in [0.25, 0.3) is 10.2 Å². The Kier molecular flexibility index (Phi) is 6.04. The fourth-order valence-electron chi connectivity index (χ4n) is 3.92. The molecule has 0 bridgehead atoms. The van der Waals surface area contributed by atoms with Crippen LogP contribution in [0.15, 0.2) is 4.21 Å². The number of anilines is 1. The maximum atomic E-state index is 11.8. The molecule has 2 aromatic rings. The van der Waals surface area contributed by atoms with Crippen LogP contribution in [0.2, 0.25) is 0 Å². The molecule has 0 atom stereocenters. The average Bonchev–Trinajstić information content (AvgIpc) is 3.10. The lowest BCUT2D eigenvalue weighted by Gasteiger charge is -2.31. The third-order valence-corrected chi connectivity index (χ3v) is 7.48. The van der Waals surface area contributed by atoms with E-state index in [4.69, 9.17) is 14.5 Å². The van der Waals surface area contributed by atoms with Crippen molar-refractivity contribution in [2.75, 3.05) is 43.6 Å². The highest BCUT2D eigenvalue weighted by Gasteiger charge is 2.27. The third kappa shape index (κ3) is 3.71. The van der Waals surface area contributed by atoms with E-state index in [0.29, 0.717) is 12.2 Å². The molecule has 0 aromatic carbocycles. The predicted octanol–water partition coefficient (Wildman–Crippen LogP) is 3.54. The molecule has 28 heavy (non-hydrogen) atoms. The summed E-state index contributed by atoms with van der Waals surface area (Å²) in [7, 11) is 0. The van der Waals surface area contributed by atoms with Crippen LogP contribution in [0.3, 0.4) is 0 Å². The van der Waals surface area contributed by atoms with Crippen molar-refractivity contribution < 1.29 is 14.3 Å². The molecule has 148 valence electrons. The summed E-state index contributed by atoms with van der Waals surface area (Å²) in [4.78, 5) is 20.0. The average molecular weight is 418 g/mol. The number of esters is 1. The molecule has 2 aromatic heterocycles. The van der Waals surface area contributed by atoms with Gasteiger partial charge in [-0.05, 0) is 43.7 Å². The highest BCUT2D eigenvalue weighted by atomic mass is 32.2. The van der Waals surface area contributed by atoms with Crippen LogP contribution in [0.4, 0.5) is 5.82 Å². The van der Waals surface area contributed by atoms with Gasteiger partial charge in [0.05, 0.1) is 35.3 Å². The van der Waals surface area contributed by atoms with Crippen molar-refractivity contribution in [1.29, 1.82) is 5.26 Å². The van der Waals surface area contributed by atoms with Crippen molar-refractivity contribution in [3.05, 3.63) is 16.7 Å². The number of rotatable bonds is 5. The van der Waals surface area contributed by atoms with Gasteiger partial charge in [-0.1, -0.05) is 0 Å². The molecule has 0 spiro atoms. The van der Waals surface area contributed by atoms with E-state index >= 15 is 0 Å². The Morgan fingerprint density at radius 2 is 2.07 bits per heavy atom. The summed E-state index contributed by atoms with van der Waals surface area (Å²) in [6.07, 6.45) is 4.30. The Labute approximate surface area is 172 Å². The van der Waals surface area contributed by atoms with E-state index in [9.17, 15) is 10.1 Å². The molecule has 4 rings (SSSR count). The lowest BCUT2D eigenvalue weighted by atomic mass is 9.89. The van der Waals surface area contributed by atoms with E-state index in [0.717, 1.165) is 72.2 Å². The molecule has 0 unspecified atom stereocenters. The van der Waals surface area contributed by atoms with Crippen LogP contribution in [0.5, 0.6) is 0 Å². The number of pyridine rings is 1. The van der Waals surface area contributed by atoms with E-state index in [1.54, 1.807) is 6.92 Å². The van der Waals surface area contributed by atoms with Crippen LogP contribution >= 0.6 is 23.1 Å². The first-order valence-corrected chi connectivity index (χ1v) is 11.5. The number of morpholine rings is 1. The maximum Gasteiger partial charge on any atom is 0.316 e. The monoisotopic (exact) mass is 417 g/mol. The van der Waals surface area contributed by atoms with Crippen LogP contribution < -0.4 is 4.90 Å². The highest BCUT2D eigenvalue weighted by molar-refractivity contribution is 8.01. The zero-order valence-electron chi connectivity index (χ0n) is 16.0. The fraction of sp³-hybridized carbons (Fsp3) is 0.550. The fourth-order valence-corrected chi connectivity index (χ4v) is 6.07. The van der Waals surface area contributed by atoms with E-state index in [1.807, 2.05) is 0 Å². The first kappa shape index (κ1) is 19.5. The molecule has 1 aliphatic carbocycles. The van der Waals surface area contributed by atoms with E-state index in [-0.39, 0.29) is 11.7 Å². The summed E-state index contributed by atoms with van der Waals surface area (Å²) in [5, 5.41) is 10.9. The number of nitrogens with zero attached hydrogens (tertiary/aromatic N) is 3. The standard InChI is InChI=1S/C20H23N3O3S2/c1-2-26-16(24)12-27-20-15(11-21)17-13-5-3-4-6-14(13)18(22-19(17)28-20)23-7-9-25-10-8-23/h2-10,12H2,1H3. The first-order valence-electron chi connectivity index (χ1n) is 9.72. The topological polar surface area (TPSA) is 75.4 Å². The van der Waals surface area contributed by atoms with Gasteiger partial charge in [0.2, 0.25) is 0 Å². The van der Waals surface area contributed by atoms with Gasteiger partial charge >= 0.3 is 5.97 Å². The Hall–Kier alpha value is -1.82. The summed E-state index contributed by atoms with van der Waals surface area (Å²) >= 11 is 2.91. The molecule has 1 saturated heterocycles.